The number of β-amino-alcohol motifs (C(OH)–C–C–N with tert-alkyl or cyclic N) is 2. The Balaban J connectivity index is 1.49. The monoisotopic (exact) mass is 480 g/mol. The van der Waals surface area contributed by atoms with Crippen LogP contribution in [0.25, 0.3) is 0 Å². The van der Waals surface area contributed by atoms with Crippen molar-refractivity contribution >= 4 is 0 Å². The van der Waals surface area contributed by atoms with Crippen LogP contribution in [-0.4, -0.2) is 58.8 Å². The third-order valence-corrected chi connectivity index (χ3v) is 7.99. The molecular formula is C29H40N2O4. The fourth-order valence-electron chi connectivity index (χ4n) is 6.16. The van der Waals surface area contributed by atoms with E-state index in [1.807, 2.05) is 13.8 Å². The lowest BCUT2D eigenvalue weighted by atomic mass is 9.63. The maximum atomic E-state index is 9.86. The highest BCUT2D eigenvalue weighted by molar-refractivity contribution is 5.49. The second-order valence-corrected chi connectivity index (χ2v) is 11.2. The molecule has 190 valence electrons. The van der Waals surface area contributed by atoms with Crippen LogP contribution in [-0.2, 0) is 18.5 Å². The largest absolute Gasteiger partial charge is 0.478 e. The summed E-state index contributed by atoms with van der Waals surface area (Å²) in [5, 5.41) is 19.7. The van der Waals surface area contributed by atoms with Gasteiger partial charge >= 0.3 is 0 Å². The van der Waals surface area contributed by atoms with E-state index in [1.165, 1.54) is 35.1 Å². The van der Waals surface area contributed by atoms with Crippen LogP contribution < -0.4 is 9.47 Å². The lowest BCUT2D eigenvalue weighted by molar-refractivity contribution is 0.0499. The molecule has 5 rings (SSSR count). The van der Waals surface area contributed by atoms with Crippen LogP contribution in [0.2, 0.25) is 0 Å². The van der Waals surface area contributed by atoms with E-state index in [4.69, 9.17) is 9.47 Å². The van der Waals surface area contributed by atoms with Gasteiger partial charge in [-0.1, -0.05) is 19.1 Å². The second-order valence-electron chi connectivity index (χ2n) is 11.2. The quantitative estimate of drug-likeness (QED) is 0.645. The first-order valence-corrected chi connectivity index (χ1v) is 13.2. The van der Waals surface area contributed by atoms with Crippen LogP contribution in [0.3, 0.4) is 0 Å². The first-order valence-electron chi connectivity index (χ1n) is 13.2. The van der Waals surface area contributed by atoms with E-state index in [0.29, 0.717) is 26.6 Å². The molecule has 2 unspecified atom stereocenters. The van der Waals surface area contributed by atoms with Gasteiger partial charge in [0.25, 0.3) is 0 Å². The van der Waals surface area contributed by atoms with E-state index in [9.17, 15) is 10.2 Å². The molecule has 2 heterocycles. The number of aliphatic hydroxyl groups is 2. The van der Waals surface area contributed by atoms with Crippen LogP contribution in [0.15, 0.2) is 36.4 Å². The van der Waals surface area contributed by atoms with Crippen molar-refractivity contribution in [1.29, 1.82) is 0 Å². The van der Waals surface area contributed by atoms with Gasteiger partial charge in [0.05, 0.1) is 12.2 Å². The van der Waals surface area contributed by atoms with Gasteiger partial charge in [-0.25, -0.2) is 0 Å². The molecule has 0 bridgehead atoms. The van der Waals surface area contributed by atoms with Crippen LogP contribution in [0.4, 0.5) is 0 Å². The fourth-order valence-corrected chi connectivity index (χ4v) is 6.16. The first-order chi connectivity index (χ1) is 16.8. The topological polar surface area (TPSA) is 65.4 Å². The maximum Gasteiger partial charge on any atom is 0.142 e. The van der Waals surface area contributed by atoms with Crippen molar-refractivity contribution in [1.82, 2.24) is 9.80 Å². The number of nitrogens with zero attached hydrogens (tertiary/aromatic N) is 2. The molecule has 0 radical (unpaired) electrons. The number of benzene rings is 2. The minimum absolute atomic E-state index is 0.0321. The van der Waals surface area contributed by atoms with E-state index in [-0.39, 0.29) is 17.6 Å². The Bertz CT molecular complexity index is 956. The molecule has 0 saturated heterocycles. The average molecular weight is 481 g/mol. The van der Waals surface area contributed by atoms with Gasteiger partial charge in [0.2, 0.25) is 0 Å². The predicted molar refractivity (Wildman–Crippen MR) is 136 cm³/mol. The van der Waals surface area contributed by atoms with Crippen molar-refractivity contribution < 1.29 is 19.7 Å². The third-order valence-electron chi connectivity index (χ3n) is 7.99. The first kappa shape index (κ1) is 24.6. The molecule has 6 heteroatoms. The van der Waals surface area contributed by atoms with Gasteiger partial charge in [-0.3, -0.25) is 9.80 Å². The maximum absolute atomic E-state index is 9.86. The zero-order valence-electron chi connectivity index (χ0n) is 21.4. The number of ether oxygens (including phenoxy) is 2. The fraction of sp³-hybridized carbons (Fsp3) is 0.586. The van der Waals surface area contributed by atoms with E-state index in [0.717, 1.165) is 43.3 Å². The third kappa shape index (κ3) is 5.21. The predicted octanol–water partition coefficient (Wildman–Crippen LogP) is 4.25. The number of hydrogen-bond acceptors (Lipinski definition) is 6. The minimum Gasteiger partial charge on any atom is -0.478 e. The molecule has 0 spiro atoms. The van der Waals surface area contributed by atoms with Gasteiger partial charge in [0.1, 0.15) is 25.0 Å². The van der Waals surface area contributed by atoms with Gasteiger partial charge in [0.15, 0.2) is 0 Å². The van der Waals surface area contributed by atoms with Gasteiger partial charge < -0.3 is 19.7 Å². The van der Waals surface area contributed by atoms with Crippen LogP contribution in [0.5, 0.6) is 11.5 Å². The summed E-state index contributed by atoms with van der Waals surface area (Å²) in [5.74, 6) is 2.66. The molecule has 0 aromatic heterocycles. The molecule has 2 atom stereocenters. The number of rotatable bonds is 6. The van der Waals surface area contributed by atoms with E-state index < -0.39 is 0 Å². The summed E-state index contributed by atoms with van der Waals surface area (Å²) in [6.45, 7) is 9.88. The summed E-state index contributed by atoms with van der Waals surface area (Å²) in [7, 11) is 0. The molecule has 35 heavy (non-hydrogen) atoms. The molecule has 1 saturated carbocycles. The number of aliphatic hydroxyl groups excluding tert-OH is 2. The Morgan fingerprint density at radius 3 is 1.71 bits per heavy atom. The SMILES string of the molecule is CC(O)CN1COc2ccc(C3(c4ccc5c(c4)CN(CC(C)O)CO5)CCC(C)CC3)cc2C1. The molecule has 0 amide bonds. The molecular weight excluding hydrogens is 440 g/mol. The van der Waals surface area contributed by atoms with Crippen molar-refractivity contribution in [3.63, 3.8) is 0 Å². The summed E-state index contributed by atoms with van der Waals surface area (Å²) in [6, 6.07) is 13.6. The molecule has 2 N–H and O–H groups in total. The van der Waals surface area contributed by atoms with Gasteiger partial charge in [-0.2, -0.15) is 0 Å². The van der Waals surface area contributed by atoms with Crippen LogP contribution in [0.1, 0.15) is 68.7 Å². The van der Waals surface area contributed by atoms with E-state index in [2.05, 4.69) is 53.1 Å². The Morgan fingerprint density at radius 1 is 0.829 bits per heavy atom. The zero-order valence-corrected chi connectivity index (χ0v) is 21.4. The zero-order chi connectivity index (χ0) is 24.6. The smallest absolute Gasteiger partial charge is 0.142 e. The van der Waals surface area contributed by atoms with Crippen molar-refractivity contribution in [2.24, 2.45) is 5.92 Å². The lowest BCUT2D eigenvalue weighted by Gasteiger charge is -2.42. The standard InChI is InChI=1S/C29H40N2O4/c1-20-8-10-29(11-9-20,25-4-6-27-23(12-25)16-30(18-34-27)14-21(2)32)26-5-7-28-24(13-26)17-31(19-35-28)15-22(3)33/h4-7,12-13,20-22,32-33H,8-11,14-19H2,1-3H3. The Labute approximate surface area is 209 Å². The Morgan fingerprint density at radius 2 is 1.29 bits per heavy atom. The number of fused-ring (bicyclic) bond motifs is 2. The summed E-state index contributed by atoms with van der Waals surface area (Å²) in [4.78, 5) is 4.33. The van der Waals surface area contributed by atoms with Crippen LogP contribution >= 0.6 is 0 Å². The molecule has 1 aliphatic carbocycles. The van der Waals surface area contributed by atoms with Gasteiger partial charge in [0, 0.05) is 42.7 Å². The molecule has 2 aliphatic heterocycles. The van der Waals surface area contributed by atoms with E-state index >= 15 is 0 Å². The van der Waals surface area contributed by atoms with Crippen molar-refractivity contribution in [3.8, 4) is 11.5 Å². The normalized spacial score (nSPS) is 26.7. The van der Waals surface area contributed by atoms with Crippen molar-refractivity contribution in [3.05, 3.63) is 58.7 Å². The van der Waals surface area contributed by atoms with Crippen molar-refractivity contribution in [2.75, 3.05) is 26.6 Å². The molecule has 6 nitrogen and oxygen atoms in total. The molecule has 2 aromatic carbocycles. The van der Waals surface area contributed by atoms with Crippen molar-refractivity contribution in [2.45, 2.75) is 77.2 Å². The lowest BCUT2D eigenvalue weighted by Crippen LogP contribution is -2.38. The summed E-state index contributed by atoms with van der Waals surface area (Å²) >= 11 is 0. The average Bonchev–Trinajstić information content (AvgIpc) is 2.83. The Hall–Kier alpha value is -2.12. The highest BCUT2D eigenvalue weighted by Gasteiger charge is 2.39. The highest BCUT2D eigenvalue weighted by Crippen LogP contribution is 2.48. The van der Waals surface area contributed by atoms with E-state index in [1.54, 1.807) is 0 Å². The van der Waals surface area contributed by atoms with Gasteiger partial charge in [-0.05, 0) is 80.8 Å². The minimum atomic E-state index is -0.374. The number of hydrogen-bond donors (Lipinski definition) is 2. The molecule has 1 fully saturated rings. The summed E-state index contributed by atoms with van der Waals surface area (Å²) in [5.41, 5.74) is 5.11. The van der Waals surface area contributed by atoms with Gasteiger partial charge in [-0.15, -0.1) is 0 Å². The second kappa shape index (κ2) is 10.1. The molecule has 3 aliphatic rings. The summed E-state index contributed by atoms with van der Waals surface area (Å²) < 4.78 is 12.1. The van der Waals surface area contributed by atoms with Crippen LogP contribution in [0, 0.1) is 5.92 Å². The Kier molecular flexibility index (Phi) is 7.09. The molecule has 2 aromatic rings. The highest BCUT2D eigenvalue weighted by atomic mass is 16.5. The summed E-state index contributed by atoms with van der Waals surface area (Å²) in [6.07, 6.45) is 3.93.